The van der Waals surface area contributed by atoms with Crippen LogP contribution >= 0.6 is 43.6 Å². The smallest absolute Gasteiger partial charge is 0.133 e. The van der Waals surface area contributed by atoms with Crippen molar-refractivity contribution in [3.63, 3.8) is 0 Å². The zero-order valence-electron chi connectivity index (χ0n) is 10.4. The molecule has 0 aliphatic heterocycles. The first-order chi connectivity index (χ1) is 9.13. The van der Waals surface area contributed by atoms with Gasteiger partial charge in [-0.25, -0.2) is 0 Å². The molecule has 0 fully saturated rings. The normalized spacial score (nSPS) is 10.3. The average Bonchev–Trinajstić information content (AvgIpc) is 2.39. The van der Waals surface area contributed by atoms with Crippen LogP contribution in [0.1, 0.15) is 0 Å². The Morgan fingerprint density at radius 2 is 1.21 bits per heavy atom. The minimum absolute atomic E-state index is 0.834. The fraction of sp³-hybridized carbons (Fsp3) is 0.143. The summed E-state index contributed by atoms with van der Waals surface area (Å²) in [5.74, 6) is 1.67. The molecule has 0 unspecified atom stereocenters. The molecule has 0 amide bonds. The number of rotatable bonds is 4. The second-order valence-corrected chi connectivity index (χ2v) is 6.55. The molecule has 0 aliphatic rings. The Morgan fingerprint density at radius 1 is 0.789 bits per heavy atom. The highest BCUT2D eigenvalue weighted by Crippen LogP contribution is 2.36. The summed E-state index contributed by atoms with van der Waals surface area (Å²) < 4.78 is 12.3. The van der Waals surface area contributed by atoms with Gasteiger partial charge in [-0.15, -0.1) is 0 Å². The minimum atomic E-state index is 0.834. The predicted octanol–water partition coefficient (Wildman–Crippen LogP) is 5.38. The zero-order chi connectivity index (χ0) is 13.8. The number of hydrogen-bond acceptors (Lipinski definition) is 3. The van der Waals surface area contributed by atoms with Gasteiger partial charge in [0.2, 0.25) is 0 Å². The lowest BCUT2D eigenvalue weighted by molar-refractivity contribution is 0.412. The summed E-state index contributed by atoms with van der Waals surface area (Å²) in [6.07, 6.45) is 0. The fourth-order valence-corrected chi connectivity index (χ4v) is 3.84. The number of halogens is 2. The quantitative estimate of drug-likeness (QED) is 0.682. The summed E-state index contributed by atoms with van der Waals surface area (Å²) in [7, 11) is 3.32. The van der Waals surface area contributed by atoms with Crippen LogP contribution in [-0.2, 0) is 0 Å². The molecule has 19 heavy (non-hydrogen) atoms. The van der Waals surface area contributed by atoms with Crippen LogP contribution in [0.5, 0.6) is 11.5 Å². The van der Waals surface area contributed by atoms with E-state index < -0.39 is 0 Å². The van der Waals surface area contributed by atoms with Gasteiger partial charge in [-0.05, 0) is 68.3 Å². The number of benzene rings is 2. The Kier molecular flexibility index (Phi) is 5.19. The largest absolute Gasteiger partial charge is 0.496 e. The maximum Gasteiger partial charge on any atom is 0.133 e. The van der Waals surface area contributed by atoms with E-state index in [0.29, 0.717) is 0 Å². The van der Waals surface area contributed by atoms with Crippen molar-refractivity contribution in [1.82, 2.24) is 0 Å². The number of hydrogen-bond donors (Lipinski definition) is 0. The van der Waals surface area contributed by atoms with Crippen molar-refractivity contribution in [2.75, 3.05) is 14.2 Å². The van der Waals surface area contributed by atoms with Crippen LogP contribution in [0.4, 0.5) is 0 Å². The third kappa shape index (κ3) is 3.68. The zero-order valence-corrected chi connectivity index (χ0v) is 14.4. The maximum atomic E-state index is 5.22. The van der Waals surface area contributed by atoms with Gasteiger partial charge in [-0.2, -0.15) is 0 Å². The molecule has 2 aromatic carbocycles. The highest BCUT2D eigenvalue weighted by Gasteiger charge is 2.05. The third-order valence-corrected chi connectivity index (χ3v) is 4.70. The van der Waals surface area contributed by atoms with E-state index in [9.17, 15) is 0 Å². The molecular weight excluding hydrogens is 392 g/mol. The maximum absolute atomic E-state index is 5.22. The Hall–Kier alpha value is -0.650. The Balaban J connectivity index is 2.21. The molecular formula is C14H12Br2O2S. The second-order valence-electron chi connectivity index (χ2n) is 3.69. The van der Waals surface area contributed by atoms with Gasteiger partial charge in [0.1, 0.15) is 11.5 Å². The van der Waals surface area contributed by atoms with Crippen LogP contribution < -0.4 is 9.47 Å². The molecule has 0 atom stereocenters. The van der Waals surface area contributed by atoms with Gasteiger partial charge in [-0.3, -0.25) is 0 Å². The number of methoxy groups -OCH3 is 2. The van der Waals surface area contributed by atoms with E-state index in [1.807, 2.05) is 36.4 Å². The molecule has 0 aliphatic carbocycles. The average molecular weight is 404 g/mol. The highest BCUT2D eigenvalue weighted by atomic mass is 79.9. The molecule has 0 bridgehead atoms. The molecule has 0 spiro atoms. The first-order valence-electron chi connectivity index (χ1n) is 5.49. The topological polar surface area (TPSA) is 18.5 Å². The minimum Gasteiger partial charge on any atom is -0.496 e. The van der Waals surface area contributed by atoms with E-state index in [-0.39, 0.29) is 0 Å². The SMILES string of the molecule is COc1ccc(Sc2ccc(OC)c(Br)c2)cc1Br. The predicted molar refractivity (Wildman–Crippen MR) is 85.5 cm³/mol. The van der Waals surface area contributed by atoms with Crippen LogP contribution in [0.2, 0.25) is 0 Å². The van der Waals surface area contributed by atoms with Crippen LogP contribution in [0.3, 0.4) is 0 Å². The molecule has 5 heteroatoms. The lowest BCUT2D eigenvalue weighted by Gasteiger charge is -2.08. The van der Waals surface area contributed by atoms with Crippen molar-refractivity contribution in [3.05, 3.63) is 45.3 Å². The van der Waals surface area contributed by atoms with Gasteiger partial charge in [0.05, 0.1) is 23.2 Å². The fourth-order valence-electron chi connectivity index (χ4n) is 1.56. The molecule has 2 rings (SSSR count). The second kappa shape index (κ2) is 6.68. The van der Waals surface area contributed by atoms with Gasteiger partial charge < -0.3 is 9.47 Å². The van der Waals surface area contributed by atoms with Gasteiger partial charge in [0.15, 0.2) is 0 Å². The lowest BCUT2D eigenvalue weighted by atomic mass is 10.3. The van der Waals surface area contributed by atoms with Crippen LogP contribution in [-0.4, -0.2) is 14.2 Å². The molecule has 0 N–H and O–H groups in total. The van der Waals surface area contributed by atoms with Gasteiger partial charge >= 0.3 is 0 Å². The van der Waals surface area contributed by atoms with E-state index in [1.165, 1.54) is 0 Å². The van der Waals surface area contributed by atoms with Crippen LogP contribution in [0.25, 0.3) is 0 Å². The molecule has 2 aromatic rings. The summed E-state index contributed by atoms with van der Waals surface area (Å²) in [6.45, 7) is 0. The van der Waals surface area contributed by atoms with E-state index in [1.54, 1.807) is 26.0 Å². The van der Waals surface area contributed by atoms with Gasteiger partial charge in [0.25, 0.3) is 0 Å². The number of ether oxygens (including phenoxy) is 2. The van der Waals surface area contributed by atoms with Gasteiger partial charge in [-0.1, -0.05) is 11.8 Å². The van der Waals surface area contributed by atoms with Crippen LogP contribution in [0.15, 0.2) is 55.1 Å². The van der Waals surface area contributed by atoms with Crippen molar-refractivity contribution < 1.29 is 9.47 Å². The first kappa shape index (κ1) is 14.8. The van der Waals surface area contributed by atoms with Crippen molar-refractivity contribution in [1.29, 1.82) is 0 Å². The molecule has 2 nitrogen and oxygen atoms in total. The van der Waals surface area contributed by atoms with E-state index >= 15 is 0 Å². The highest BCUT2D eigenvalue weighted by molar-refractivity contribution is 9.10. The first-order valence-corrected chi connectivity index (χ1v) is 7.89. The van der Waals surface area contributed by atoms with Crippen molar-refractivity contribution in [2.45, 2.75) is 9.79 Å². The van der Waals surface area contributed by atoms with Crippen LogP contribution in [0, 0.1) is 0 Å². The summed E-state index contributed by atoms with van der Waals surface area (Å²) in [5.41, 5.74) is 0. The van der Waals surface area contributed by atoms with Crippen molar-refractivity contribution in [2.24, 2.45) is 0 Å². The Labute approximate surface area is 133 Å². The van der Waals surface area contributed by atoms with E-state index in [0.717, 1.165) is 30.2 Å². The summed E-state index contributed by atoms with van der Waals surface area (Å²) in [6, 6.07) is 12.1. The molecule has 0 saturated carbocycles. The summed E-state index contributed by atoms with van der Waals surface area (Å²) >= 11 is 8.66. The molecule has 0 radical (unpaired) electrons. The van der Waals surface area contributed by atoms with Crippen molar-refractivity contribution >= 4 is 43.6 Å². The third-order valence-electron chi connectivity index (χ3n) is 2.48. The van der Waals surface area contributed by atoms with Gasteiger partial charge in [0, 0.05) is 9.79 Å². The molecule has 0 aromatic heterocycles. The summed E-state index contributed by atoms with van der Waals surface area (Å²) in [5, 5.41) is 0. The lowest BCUT2D eigenvalue weighted by Crippen LogP contribution is -1.85. The molecule has 0 heterocycles. The van der Waals surface area contributed by atoms with Crippen molar-refractivity contribution in [3.8, 4) is 11.5 Å². The molecule has 0 saturated heterocycles. The Morgan fingerprint density at radius 3 is 1.53 bits per heavy atom. The van der Waals surface area contributed by atoms with E-state index in [2.05, 4.69) is 31.9 Å². The summed E-state index contributed by atoms with van der Waals surface area (Å²) in [4.78, 5) is 2.29. The standard InChI is InChI=1S/C14H12Br2O2S/c1-17-13-5-3-9(7-11(13)15)19-10-4-6-14(18-2)12(16)8-10/h3-8H,1-2H3. The Bertz CT molecular complexity index is 536. The monoisotopic (exact) mass is 402 g/mol. The molecule has 100 valence electrons. The van der Waals surface area contributed by atoms with E-state index in [4.69, 9.17) is 9.47 Å².